The van der Waals surface area contributed by atoms with Gasteiger partial charge in [-0.2, -0.15) is 0 Å². The quantitative estimate of drug-likeness (QED) is 0.651. The Morgan fingerprint density at radius 2 is 2.42 bits per heavy atom. The highest BCUT2D eigenvalue weighted by Gasteiger charge is 2.12. The summed E-state index contributed by atoms with van der Waals surface area (Å²) in [5.41, 5.74) is 0. The monoisotopic (exact) mass is 191 g/mol. The Kier molecular flexibility index (Phi) is 4.80. The number of hydrogen-bond acceptors (Lipinski definition) is 2. The lowest BCUT2D eigenvalue weighted by Crippen LogP contribution is -2.29. The van der Waals surface area contributed by atoms with Crippen LogP contribution in [0.3, 0.4) is 0 Å². The van der Waals surface area contributed by atoms with Crippen LogP contribution in [0, 0.1) is 5.92 Å². The van der Waals surface area contributed by atoms with Crippen molar-refractivity contribution in [1.29, 1.82) is 0 Å². The van der Waals surface area contributed by atoms with Gasteiger partial charge in [-0.1, -0.05) is 0 Å². The molecule has 0 bridgehead atoms. The molecule has 0 aromatic rings. The molecule has 12 heavy (non-hydrogen) atoms. The minimum atomic E-state index is -1.59. The first kappa shape index (κ1) is 10.2. The van der Waals surface area contributed by atoms with Gasteiger partial charge in [0.1, 0.15) is 0 Å². The third-order valence-corrected chi connectivity index (χ3v) is 2.97. The molecule has 0 amide bonds. The Morgan fingerprint density at radius 3 is 3.00 bits per heavy atom. The van der Waals surface area contributed by atoms with Gasteiger partial charge in [0.2, 0.25) is 0 Å². The molecule has 0 aromatic carbocycles. The average Bonchev–Trinajstić information content (AvgIpc) is 2.05. The first-order chi connectivity index (χ1) is 5.79. The van der Waals surface area contributed by atoms with Crippen LogP contribution in [0.25, 0.3) is 0 Å². The Bertz CT molecular complexity index is 146. The summed E-state index contributed by atoms with van der Waals surface area (Å²) in [6, 6.07) is 0. The molecule has 1 saturated heterocycles. The van der Waals surface area contributed by atoms with Crippen LogP contribution in [0.2, 0.25) is 0 Å². The first-order valence-corrected chi connectivity index (χ1v) is 5.85. The van der Waals surface area contributed by atoms with Crippen LogP contribution in [-0.2, 0) is 11.1 Å². The van der Waals surface area contributed by atoms with Crippen molar-refractivity contribution in [2.45, 2.75) is 25.7 Å². The van der Waals surface area contributed by atoms with Crippen molar-refractivity contribution in [2.75, 3.05) is 18.8 Å². The largest absolute Gasteiger partial charge is 0.316 e. The molecule has 2 unspecified atom stereocenters. The topological polar surface area (TPSA) is 49.3 Å². The fourth-order valence-corrected chi connectivity index (χ4v) is 2.08. The molecule has 0 saturated carbocycles. The van der Waals surface area contributed by atoms with E-state index in [4.69, 9.17) is 4.55 Å². The summed E-state index contributed by atoms with van der Waals surface area (Å²) >= 11 is -1.59. The summed E-state index contributed by atoms with van der Waals surface area (Å²) in [5.74, 6) is 1.18. The minimum Gasteiger partial charge on any atom is -0.316 e. The second-order valence-corrected chi connectivity index (χ2v) is 4.43. The summed E-state index contributed by atoms with van der Waals surface area (Å²) in [6.07, 6.45) is 4.52. The van der Waals surface area contributed by atoms with Gasteiger partial charge in [0, 0.05) is 5.75 Å². The molecule has 2 N–H and O–H groups in total. The maximum absolute atomic E-state index is 10.3. The Labute approximate surface area is 76.2 Å². The van der Waals surface area contributed by atoms with E-state index in [1.807, 2.05) is 0 Å². The third-order valence-electron chi connectivity index (χ3n) is 2.33. The van der Waals surface area contributed by atoms with E-state index in [1.54, 1.807) is 0 Å². The highest BCUT2D eigenvalue weighted by Crippen LogP contribution is 2.15. The number of piperidine rings is 1. The van der Waals surface area contributed by atoms with Crippen molar-refractivity contribution in [1.82, 2.24) is 5.32 Å². The van der Waals surface area contributed by atoms with E-state index >= 15 is 0 Å². The average molecular weight is 191 g/mol. The zero-order chi connectivity index (χ0) is 8.81. The molecule has 2 atom stereocenters. The second kappa shape index (κ2) is 5.67. The Morgan fingerprint density at radius 1 is 1.58 bits per heavy atom. The van der Waals surface area contributed by atoms with Gasteiger partial charge in [-0.05, 0) is 44.7 Å². The number of hydrogen-bond donors (Lipinski definition) is 2. The number of nitrogens with one attached hydrogen (secondary N) is 1. The van der Waals surface area contributed by atoms with Crippen LogP contribution in [0.5, 0.6) is 0 Å². The van der Waals surface area contributed by atoms with Crippen LogP contribution in [0.4, 0.5) is 0 Å². The van der Waals surface area contributed by atoms with Crippen LogP contribution in [0.1, 0.15) is 25.7 Å². The van der Waals surface area contributed by atoms with Crippen molar-refractivity contribution in [3.05, 3.63) is 0 Å². The summed E-state index contributed by atoms with van der Waals surface area (Å²) in [5, 5.41) is 3.33. The summed E-state index contributed by atoms with van der Waals surface area (Å²) < 4.78 is 18.9. The van der Waals surface area contributed by atoms with Crippen LogP contribution in [-0.4, -0.2) is 27.6 Å². The smallest absolute Gasteiger partial charge is 0.152 e. The van der Waals surface area contributed by atoms with Crippen molar-refractivity contribution in [3.8, 4) is 0 Å². The molecule has 0 aromatic heterocycles. The fraction of sp³-hybridized carbons (Fsp3) is 1.00. The fourth-order valence-electron chi connectivity index (χ4n) is 1.67. The minimum absolute atomic E-state index is 0.441. The van der Waals surface area contributed by atoms with Crippen LogP contribution < -0.4 is 5.32 Å². The van der Waals surface area contributed by atoms with Gasteiger partial charge in [-0.3, -0.25) is 0 Å². The predicted molar refractivity (Wildman–Crippen MR) is 50.5 cm³/mol. The van der Waals surface area contributed by atoms with Crippen LogP contribution >= 0.6 is 0 Å². The van der Waals surface area contributed by atoms with Gasteiger partial charge in [0.25, 0.3) is 0 Å². The lowest BCUT2D eigenvalue weighted by atomic mass is 9.95. The first-order valence-electron chi connectivity index (χ1n) is 4.57. The molecule has 1 aliphatic rings. The SMILES string of the molecule is O=S(O)CCCC1CCCNC1. The molecule has 4 heteroatoms. The Balaban J connectivity index is 2.01. The van der Waals surface area contributed by atoms with Crippen molar-refractivity contribution in [3.63, 3.8) is 0 Å². The normalized spacial score (nSPS) is 26.9. The van der Waals surface area contributed by atoms with Gasteiger partial charge >= 0.3 is 0 Å². The summed E-state index contributed by atoms with van der Waals surface area (Å²) in [4.78, 5) is 0. The van der Waals surface area contributed by atoms with E-state index in [2.05, 4.69) is 5.32 Å². The molecular weight excluding hydrogens is 174 g/mol. The van der Waals surface area contributed by atoms with E-state index in [0.717, 1.165) is 31.8 Å². The highest BCUT2D eigenvalue weighted by molar-refractivity contribution is 7.79. The van der Waals surface area contributed by atoms with Gasteiger partial charge in [-0.15, -0.1) is 0 Å². The van der Waals surface area contributed by atoms with Gasteiger partial charge in [-0.25, -0.2) is 4.21 Å². The van der Waals surface area contributed by atoms with Crippen molar-refractivity contribution in [2.24, 2.45) is 5.92 Å². The van der Waals surface area contributed by atoms with E-state index in [0.29, 0.717) is 5.75 Å². The molecular formula is C8H17NO2S. The van der Waals surface area contributed by atoms with Crippen LogP contribution in [0.15, 0.2) is 0 Å². The zero-order valence-corrected chi connectivity index (χ0v) is 8.11. The van der Waals surface area contributed by atoms with E-state index in [9.17, 15) is 4.21 Å². The molecule has 0 spiro atoms. The maximum Gasteiger partial charge on any atom is 0.152 e. The van der Waals surface area contributed by atoms with Gasteiger partial charge in [0.15, 0.2) is 11.1 Å². The molecule has 0 aliphatic carbocycles. The Hall–Kier alpha value is 0.0700. The molecule has 72 valence electrons. The van der Waals surface area contributed by atoms with E-state index in [1.165, 1.54) is 12.8 Å². The highest BCUT2D eigenvalue weighted by atomic mass is 32.2. The van der Waals surface area contributed by atoms with Crippen molar-refractivity contribution < 1.29 is 8.76 Å². The van der Waals surface area contributed by atoms with Crippen molar-refractivity contribution >= 4 is 11.1 Å². The number of rotatable bonds is 4. The summed E-state index contributed by atoms with van der Waals surface area (Å²) in [7, 11) is 0. The zero-order valence-electron chi connectivity index (χ0n) is 7.29. The molecule has 0 radical (unpaired) electrons. The van der Waals surface area contributed by atoms with Gasteiger partial charge in [0.05, 0.1) is 0 Å². The lowest BCUT2D eigenvalue weighted by molar-refractivity contribution is 0.355. The molecule has 1 fully saturated rings. The maximum atomic E-state index is 10.3. The standard InChI is InChI=1S/C8H17NO2S/c10-12(11)6-2-4-8-3-1-5-9-7-8/h8-9H,1-7H2,(H,10,11). The second-order valence-electron chi connectivity index (χ2n) is 3.38. The lowest BCUT2D eigenvalue weighted by Gasteiger charge is -2.22. The van der Waals surface area contributed by atoms with E-state index in [-0.39, 0.29) is 0 Å². The molecule has 1 rings (SSSR count). The van der Waals surface area contributed by atoms with E-state index < -0.39 is 11.1 Å². The predicted octanol–water partition coefficient (Wildman–Crippen LogP) is 0.988. The molecule has 1 heterocycles. The molecule has 3 nitrogen and oxygen atoms in total. The van der Waals surface area contributed by atoms with Gasteiger partial charge < -0.3 is 9.87 Å². The molecule has 1 aliphatic heterocycles. The third kappa shape index (κ3) is 4.18. The summed E-state index contributed by atoms with van der Waals surface area (Å²) in [6.45, 7) is 2.24.